The van der Waals surface area contributed by atoms with E-state index < -0.39 is 41.6 Å². The molecule has 2 atom stereocenters. The van der Waals surface area contributed by atoms with E-state index in [9.17, 15) is 19.2 Å². The van der Waals surface area contributed by atoms with Crippen LogP contribution in [0.4, 0.5) is 0 Å². The lowest BCUT2D eigenvalue weighted by atomic mass is 10.0. The molecule has 10 heteroatoms. The number of nitrogens with one attached hydrogen (secondary N) is 1. The van der Waals surface area contributed by atoms with Crippen LogP contribution >= 0.6 is 15.9 Å². The molecule has 0 aliphatic carbocycles. The first-order valence-corrected chi connectivity index (χ1v) is 12.7. The van der Waals surface area contributed by atoms with Crippen molar-refractivity contribution < 1.29 is 33.5 Å². The number of hydrogen-bond acceptors (Lipinski definition) is 7. The Labute approximate surface area is 226 Å². The Morgan fingerprint density at radius 1 is 0.947 bits per heavy atom. The van der Waals surface area contributed by atoms with Crippen molar-refractivity contribution in [3.63, 3.8) is 0 Å². The number of carbonyl (C=O) groups is 4. The van der Waals surface area contributed by atoms with Gasteiger partial charge in [0.1, 0.15) is 12.6 Å². The summed E-state index contributed by atoms with van der Waals surface area (Å²) in [7, 11) is 0. The van der Waals surface area contributed by atoms with Gasteiger partial charge in [0.2, 0.25) is 0 Å². The molecule has 38 heavy (non-hydrogen) atoms. The number of amides is 2. The van der Waals surface area contributed by atoms with Crippen LogP contribution < -0.4 is 5.32 Å². The zero-order valence-electron chi connectivity index (χ0n) is 20.0. The molecule has 0 bridgehead atoms. The lowest BCUT2D eigenvalue weighted by molar-refractivity contribution is -0.260. The van der Waals surface area contributed by atoms with Crippen molar-refractivity contribution in [2.45, 2.75) is 30.7 Å². The van der Waals surface area contributed by atoms with Crippen molar-refractivity contribution in [3.8, 4) is 0 Å². The molecule has 1 N–H and O–H groups in total. The van der Waals surface area contributed by atoms with Gasteiger partial charge in [0.15, 0.2) is 6.10 Å². The summed E-state index contributed by atoms with van der Waals surface area (Å²) in [5.74, 6) is -2.83. The zero-order valence-corrected chi connectivity index (χ0v) is 21.6. The van der Waals surface area contributed by atoms with E-state index in [4.69, 9.17) is 14.3 Å². The highest BCUT2D eigenvalue weighted by atomic mass is 79.9. The van der Waals surface area contributed by atoms with Crippen LogP contribution in [0.25, 0.3) is 0 Å². The minimum atomic E-state index is -2.12. The minimum absolute atomic E-state index is 0.112. The fourth-order valence-corrected chi connectivity index (χ4v) is 4.63. The van der Waals surface area contributed by atoms with Crippen LogP contribution in [-0.4, -0.2) is 47.2 Å². The Balaban J connectivity index is 1.39. The first-order chi connectivity index (χ1) is 18.4. The Morgan fingerprint density at radius 2 is 1.55 bits per heavy atom. The number of ether oxygens (including phenoxy) is 2. The second-order valence-electron chi connectivity index (χ2n) is 8.83. The van der Waals surface area contributed by atoms with Gasteiger partial charge in [0, 0.05) is 16.5 Å². The topological polar surface area (TPSA) is 111 Å². The molecule has 0 aromatic heterocycles. The van der Waals surface area contributed by atoms with Gasteiger partial charge in [-0.2, -0.15) is 5.06 Å². The van der Waals surface area contributed by atoms with E-state index in [1.807, 2.05) is 60.7 Å². The van der Waals surface area contributed by atoms with E-state index in [1.54, 1.807) is 24.3 Å². The normalized spacial score (nSPS) is 20.9. The van der Waals surface area contributed by atoms with Crippen LogP contribution in [0.2, 0.25) is 0 Å². The molecule has 0 spiro atoms. The summed E-state index contributed by atoms with van der Waals surface area (Å²) in [5, 5.41) is 3.35. The van der Waals surface area contributed by atoms with Gasteiger partial charge < -0.3 is 14.8 Å². The third-order valence-electron chi connectivity index (χ3n) is 6.31. The molecule has 194 valence electrons. The summed E-state index contributed by atoms with van der Waals surface area (Å²) in [6.07, 6.45) is -1.09. The first kappa shape index (κ1) is 25.6. The number of hydroxylamine groups is 2. The molecule has 2 aliphatic rings. The van der Waals surface area contributed by atoms with Gasteiger partial charge in [-0.25, -0.2) is 4.79 Å². The maximum Gasteiger partial charge on any atom is 0.376 e. The average molecular weight is 579 g/mol. The number of carbonyl (C=O) groups excluding carboxylic acids is 4. The Bertz CT molecular complexity index is 1310. The molecular weight excluding hydrogens is 556 g/mol. The SMILES string of the molecule is O=C1CCC(C(=O)OC(c2ccccc2)c2ccccc2)(N2OC[C@H](NC(=O)c3ccc(Br)cc3)C2=O)O1. The molecule has 2 fully saturated rings. The largest absolute Gasteiger partial charge is 0.448 e. The number of esters is 2. The van der Waals surface area contributed by atoms with Gasteiger partial charge in [-0.15, -0.1) is 0 Å². The molecule has 0 radical (unpaired) electrons. The number of halogens is 1. The van der Waals surface area contributed by atoms with Gasteiger partial charge in [-0.3, -0.25) is 19.2 Å². The Morgan fingerprint density at radius 3 is 2.11 bits per heavy atom. The van der Waals surface area contributed by atoms with Crippen LogP contribution in [0.5, 0.6) is 0 Å². The van der Waals surface area contributed by atoms with Crippen LogP contribution in [-0.2, 0) is 28.7 Å². The van der Waals surface area contributed by atoms with E-state index in [0.717, 1.165) is 9.54 Å². The van der Waals surface area contributed by atoms with Gasteiger partial charge in [-0.05, 0) is 35.4 Å². The summed E-state index contributed by atoms with van der Waals surface area (Å²) >= 11 is 3.31. The van der Waals surface area contributed by atoms with E-state index in [0.29, 0.717) is 16.7 Å². The van der Waals surface area contributed by atoms with Crippen molar-refractivity contribution in [1.29, 1.82) is 0 Å². The smallest absolute Gasteiger partial charge is 0.376 e. The summed E-state index contributed by atoms with van der Waals surface area (Å²) in [6.45, 7) is -0.242. The van der Waals surface area contributed by atoms with E-state index in [2.05, 4.69) is 21.2 Å². The molecule has 3 aromatic rings. The van der Waals surface area contributed by atoms with Gasteiger partial charge in [-0.1, -0.05) is 76.6 Å². The molecule has 2 aliphatic heterocycles. The summed E-state index contributed by atoms with van der Waals surface area (Å²) in [4.78, 5) is 57.5. The number of hydrogen-bond donors (Lipinski definition) is 1. The molecule has 0 saturated carbocycles. The maximum absolute atomic E-state index is 13.7. The Hall–Kier alpha value is -4.02. The molecule has 2 saturated heterocycles. The van der Waals surface area contributed by atoms with Crippen molar-refractivity contribution >= 4 is 39.7 Å². The fraction of sp³-hybridized carbons (Fsp3) is 0.214. The number of benzene rings is 3. The summed E-state index contributed by atoms with van der Waals surface area (Å²) < 4.78 is 12.2. The predicted octanol–water partition coefficient (Wildman–Crippen LogP) is 3.69. The monoisotopic (exact) mass is 578 g/mol. The number of nitrogens with zero attached hydrogens (tertiary/aromatic N) is 1. The molecule has 9 nitrogen and oxygen atoms in total. The van der Waals surface area contributed by atoms with Gasteiger partial charge >= 0.3 is 17.7 Å². The molecule has 1 unspecified atom stereocenters. The number of cyclic esters (lactones) is 1. The third-order valence-corrected chi connectivity index (χ3v) is 6.84. The highest BCUT2D eigenvalue weighted by Gasteiger charge is 2.60. The summed E-state index contributed by atoms with van der Waals surface area (Å²) in [5.41, 5.74) is -0.387. The van der Waals surface area contributed by atoms with Gasteiger partial charge in [0.05, 0.1) is 6.42 Å². The van der Waals surface area contributed by atoms with Crippen LogP contribution in [0, 0.1) is 0 Å². The maximum atomic E-state index is 13.7. The number of rotatable bonds is 7. The van der Waals surface area contributed by atoms with Crippen LogP contribution in [0.1, 0.15) is 40.4 Å². The Kier molecular flexibility index (Phi) is 7.26. The molecule has 3 aromatic carbocycles. The highest BCUT2D eigenvalue weighted by molar-refractivity contribution is 9.10. The summed E-state index contributed by atoms with van der Waals surface area (Å²) in [6, 6.07) is 23.7. The van der Waals surface area contributed by atoms with E-state index >= 15 is 0 Å². The lowest BCUT2D eigenvalue weighted by Gasteiger charge is -2.34. The fourth-order valence-electron chi connectivity index (χ4n) is 4.37. The van der Waals surface area contributed by atoms with Crippen molar-refractivity contribution in [3.05, 3.63) is 106 Å². The standard InChI is InChI=1S/C28H23BrN2O7/c29-21-13-11-20(12-14-21)25(33)30-22-17-36-31(26(22)34)28(16-15-23(32)38-28)27(35)37-24(18-7-3-1-4-8-18)19-9-5-2-6-10-19/h1-14,22,24H,15-17H2,(H,30,33)/t22-,28?/m0/s1. The molecule has 2 amide bonds. The zero-order chi connectivity index (χ0) is 26.7. The quantitative estimate of drug-likeness (QED) is 0.425. The molecular formula is C28H23BrN2O7. The first-order valence-electron chi connectivity index (χ1n) is 11.9. The second kappa shape index (κ2) is 10.8. The third kappa shape index (κ3) is 5.05. The van der Waals surface area contributed by atoms with Gasteiger partial charge in [0.25, 0.3) is 11.8 Å². The molecule has 2 heterocycles. The second-order valence-corrected chi connectivity index (χ2v) is 9.74. The predicted molar refractivity (Wildman–Crippen MR) is 137 cm³/mol. The van der Waals surface area contributed by atoms with Crippen molar-refractivity contribution in [2.24, 2.45) is 0 Å². The van der Waals surface area contributed by atoms with Crippen molar-refractivity contribution in [1.82, 2.24) is 10.4 Å². The lowest BCUT2D eigenvalue weighted by Crippen LogP contribution is -2.57. The van der Waals surface area contributed by atoms with E-state index in [1.165, 1.54) is 0 Å². The highest BCUT2D eigenvalue weighted by Crippen LogP contribution is 2.37. The average Bonchev–Trinajstić information content (AvgIpc) is 3.51. The van der Waals surface area contributed by atoms with Crippen LogP contribution in [0.3, 0.4) is 0 Å². The molecule has 5 rings (SSSR count). The van der Waals surface area contributed by atoms with Crippen molar-refractivity contribution in [2.75, 3.05) is 6.61 Å². The van der Waals surface area contributed by atoms with Crippen LogP contribution in [0.15, 0.2) is 89.4 Å². The van der Waals surface area contributed by atoms with E-state index in [-0.39, 0.29) is 19.4 Å². The minimum Gasteiger partial charge on any atom is -0.448 e.